The standard InChI is InChI=1S/C22H20ClNO3/c1-27-17-8-2-5-14(11-17)18-13-21(26)24(16-7-3-6-15(23)12-16)19-9-4-10-20(25)22(18)19/h2-3,5-8,11-12,18H,4,9-10,13H2,1H3. The number of halogens is 1. The minimum atomic E-state index is -0.231. The van der Waals surface area contributed by atoms with Crippen LogP contribution >= 0.6 is 11.6 Å². The van der Waals surface area contributed by atoms with Gasteiger partial charge >= 0.3 is 0 Å². The Bertz CT molecular complexity index is 950. The van der Waals surface area contributed by atoms with Crippen molar-refractivity contribution in [3.8, 4) is 5.75 Å². The number of rotatable bonds is 3. The second kappa shape index (κ2) is 7.20. The fourth-order valence-corrected chi connectivity index (χ4v) is 4.24. The van der Waals surface area contributed by atoms with Crippen molar-refractivity contribution in [2.24, 2.45) is 0 Å². The molecule has 1 amide bonds. The summed E-state index contributed by atoms with van der Waals surface area (Å²) in [5.74, 6) is 0.607. The van der Waals surface area contributed by atoms with Crippen LogP contribution in [-0.4, -0.2) is 18.8 Å². The van der Waals surface area contributed by atoms with Gasteiger partial charge in [0.25, 0.3) is 0 Å². The van der Waals surface area contributed by atoms with E-state index in [1.54, 1.807) is 24.1 Å². The van der Waals surface area contributed by atoms with Crippen LogP contribution in [0.15, 0.2) is 59.8 Å². The van der Waals surface area contributed by atoms with E-state index in [1.807, 2.05) is 36.4 Å². The molecule has 1 atom stereocenters. The first-order valence-corrected chi connectivity index (χ1v) is 9.45. The van der Waals surface area contributed by atoms with Crippen LogP contribution < -0.4 is 9.64 Å². The number of ether oxygens (including phenoxy) is 1. The Morgan fingerprint density at radius 2 is 1.89 bits per heavy atom. The van der Waals surface area contributed by atoms with Crippen molar-refractivity contribution in [2.45, 2.75) is 31.6 Å². The number of allylic oxidation sites excluding steroid dienone is 2. The topological polar surface area (TPSA) is 46.6 Å². The van der Waals surface area contributed by atoms with E-state index in [9.17, 15) is 9.59 Å². The fraction of sp³-hybridized carbons (Fsp3) is 0.273. The van der Waals surface area contributed by atoms with Gasteiger partial charge in [-0.2, -0.15) is 0 Å². The second-order valence-corrected chi connectivity index (χ2v) is 7.32. The lowest BCUT2D eigenvalue weighted by Crippen LogP contribution is -2.40. The van der Waals surface area contributed by atoms with E-state index in [1.165, 1.54) is 0 Å². The van der Waals surface area contributed by atoms with Crippen LogP contribution in [0.25, 0.3) is 0 Å². The minimum absolute atomic E-state index is 0.0152. The van der Waals surface area contributed by atoms with E-state index < -0.39 is 0 Å². The van der Waals surface area contributed by atoms with Gasteiger partial charge in [0.1, 0.15) is 5.75 Å². The molecular formula is C22H20ClNO3. The third-order valence-corrected chi connectivity index (χ3v) is 5.47. The smallest absolute Gasteiger partial charge is 0.232 e. The van der Waals surface area contributed by atoms with Gasteiger partial charge in [-0.15, -0.1) is 0 Å². The van der Waals surface area contributed by atoms with Gasteiger partial charge in [-0.25, -0.2) is 0 Å². The van der Waals surface area contributed by atoms with Crippen molar-refractivity contribution < 1.29 is 14.3 Å². The summed E-state index contributed by atoms with van der Waals surface area (Å²) in [6.45, 7) is 0. The Balaban J connectivity index is 1.85. The summed E-state index contributed by atoms with van der Waals surface area (Å²) in [4.78, 5) is 27.7. The first-order valence-electron chi connectivity index (χ1n) is 9.07. The van der Waals surface area contributed by atoms with Crippen molar-refractivity contribution >= 4 is 29.0 Å². The molecular weight excluding hydrogens is 362 g/mol. The van der Waals surface area contributed by atoms with E-state index in [-0.39, 0.29) is 24.0 Å². The number of anilines is 1. The number of amides is 1. The Labute approximate surface area is 163 Å². The first-order chi connectivity index (χ1) is 13.1. The minimum Gasteiger partial charge on any atom is -0.497 e. The molecule has 4 nitrogen and oxygen atoms in total. The van der Waals surface area contributed by atoms with Gasteiger partial charge < -0.3 is 4.74 Å². The third kappa shape index (κ3) is 3.26. The van der Waals surface area contributed by atoms with Crippen LogP contribution in [0.3, 0.4) is 0 Å². The highest BCUT2D eigenvalue weighted by atomic mass is 35.5. The molecule has 1 aliphatic heterocycles. The van der Waals surface area contributed by atoms with E-state index in [0.29, 0.717) is 17.9 Å². The van der Waals surface area contributed by atoms with E-state index in [0.717, 1.165) is 34.7 Å². The van der Waals surface area contributed by atoms with Crippen LogP contribution in [0.2, 0.25) is 5.02 Å². The molecule has 2 aliphatic rings. The Hall–Kier alpha value is -2.59. The van der Waals surface area contributed by atoms with Crippen LogP contribution in [-0.2, 0) is 9.59 Å². The maximum absolute atomic E-state index is 13.1. The molecule has 2 aromatic carbocycles. The SMILES string of the molecule is COc1cccc(C2CC(=O)N(c3cccc(Cl)c3)C3=C2C(=O)CCC3)c1. The van der Waals surface area contributed by atoms with Crippen molar-refractivity contribution in [2.75, 3.05) is 12.0 Å². The molecule has 0 saturated heterocycles. The van der Waals surface area contributed by atoms with E-state index in [2.05, 4.69) is 0 Å². The summed E-state index contributed by atoms with van der Waals surface area (Å²) in [6.07, 6.45) is 2.24. The number of carbonyl (C=O) groups is 2. The monoisotopic (exact) mass is 381 g/mol. The quantitative estimate of drug-likeness (QED) is 0.761. The van der Waals surface area contributed by atoms with Gasteiger partial charge in [0, 0.05) is 35.1 Å². The van der Waals surface area contributed by atoms with Gasteiger partial charge in [0.05, 0.1) is 12.8 Å². The van der Waals surface area contributed by atoms with Crippen LogP contribution in [0.5, 0.6) is 5.75 Å². The molecule has 1 unspecified atom stereocenters. The Kier molecular flexibility index (Phi) is 4.75. The van der Waals surface area contributed by atoms with E-state index >= 15 is 0 Å². The van der Waals surface area contributed by atoms with E-state index in [4.69, 9.17) is 16.3 Å². The van der Waals surface area contributed by atoms with Crippen LogP contribution in [0.4, 0.5) is 5.69 Å². The zero-order valence-electron chi connectivity index (χ0n) is 15.1. The average Bonchev–Trinajstić information content (AvgIpc) is 2.67. The molecule has 0 aromatic heterocycles. The molecule has 0 spiro atoms. The number of hydrogen-bond donors (Lipinski definition) is 0. The normalized spacial score (nSPS) is 19.9. The molecule has 138 valence electrons. The van der Waals surface area contributed by atoms with Crippen LogP contribution in [0.1, 0.15) is 37.2 Å². The summed E-state index contributed by atoms with van der Waals surface area (Å²) in [5.41, 5.74) is 3.24. The number of benzene rings is 2. The zero-order valence-corrected chi connectivity index (χ0v) is 15.8. The number of methoxy groups -OCH3 is 1. The lowest BCUT2D eigenvalue weighted by atomic mass is 9.77. The highest BCUT2D eigenvalue weighted by Crippen LogP contribution is 2.44. The molecule has 27 heavy (non-hydrogen) atoms. The maximum atomic E-state index is 13.1. The number of carbonyl (C=O) groups excluding carboxylic acids is 2. The van der Waals surface area contributed by atoms with Crippen molar-refractivity contribution in [3.05, 3.63) is 70.4 Å². The summed E-state index contributed by atoms with van der Waals surface area (Å²) in [6, 6.07) is 14.9. The molecule has 0 radical (unpaired) electrons. The maximum Gasteiger partial charge on any atom is 0.232 e. The van der Waals surface area contributed by atoms with Gasteiger partial charge in [-0.05, 0) is 48.7 Å². The van der Waals surface area contributed by atoms with Crippen molar-refractivity contribution in [1.82, 2.24) is 0 Å². The molecule has 1 heterocycles. The van der Waals surface area contributed by atoms with Gasteiger partial charge in [-0.3, -0.25) is 14.5 Å². The summed E-state index contributed by atoms with van der Waals surface area (Å²) in [7, 11) is 1.61. The predicted molar refractivity (Wildman–Crippen MR) is 105 cm³/mol. The van der Waals surface area contributed by atoms with Crippen molar-refractivity contribution in [1.29, 1.82) is 0 Å². The molecule has 0 saturated carbocycles. The largest absolute Gasteiger partial charge is 0.497 e. The summed E-state index contributed by atoms with van der Waals surface area (Å²) >= 11 is 6.14. The number of nitrogens with zero attached hydrogens (tertiary/aromatic N) is 1. The average molecular weight is 382 g/mol. The highest BCUT2D eigenvalue weighted by molar-refractivity contribution is 6.31. The first kappa shape index (κ1) is 17.8. The Morgan fingerprint density at radius 1 is 1.07 bits per heavy atom. The Morgan fingerprint density at radius 3 is 2.67 bits per heavy atom. The molecule has 5 heteroatoms. The van der Waals surface area contributed by atoms with Gasteiger partial charge in [0.2, 0.25) is 5.91 Å². The van der Waals surface area contributed by atoms with Gasteiger partial charge in [0.15, 0.2) is 5.78 Å². The molecule has 0 bridgehead atoms. The van der Waals surface area contributed by atoms with Gasteiger partial charge in [-0.1, -0.05) is 29.8 Å². The van der Waals surface area contributed by atoms with Crippen LogP contribution in [0, 0.1) is 0 Å². The molecule has 2 aromatic rings. The third-order valence-electron chi connectivity index (χ3n) is 5.24. The zero-order chi connectivity index (χ0) is 19.0. The highest BCUT2D eigenvalue weighted by Gasteiger charge is 2.39. The lowest BCUT2D eigenvalue weighted by Gasteiger charge is -2.38. The lowest BCUT2D eigenvalue weighted by molar-refractivity contribution is -0.119. The van der Waals surface area contributed by atoms with Crippen molar-refractivity contribution in [3.63, 3.8) is 0 Å². The molecule has 1 aliphatic carbocycles. The molecule has 0 N–H and O–H groups in total. The summed E-state index contributed by atoms with van der Waals surface area (Å²) < 4.78 is 5.33. The number of Topliss-reactive ketones (excluding diaryl/α,β-unsaturated/α-hetero) is 1. The molecule has 0 fully saturated rings. The molecule has 4 rings (SSSR count). The predicted octanol–water partition coefficient (Wildman–Crippen LogP) is 4.88. The fourth-order valence-electron chi connectivity index (χ4n) is 4.05. The number of hydrogen-bond acceptors (Lipinski definition) is 3. The second-order valence-electron chi connectivity index (χ2n) is 6.88. The number of ketones is 1. The summed E-state index contributed by atoms with van der Waals surface area (Å²) in [5, 5.41) is 0.569.